The minimum Gasteiger partial charge on any atom is -0.493 e. The van der Waals surface area contributed by atoms with E-state index >= 15 is 0 Å². The van der Waals surface area contributed by atoms with Crippen LogP contribution in [-0.4, -0.2) is 25.2 Å². The zero-order chi connectivity index (χ0) is 12.8. The Morgan fingerprint density at radius 1 is 1.24 bits per heavy atom. The van der Waals surface area contributed by atoms with Crippen LogP contribution in [0.4, 0.5) is 0 Å². The van der Waals surface area contributed by atoms with E-state index in [1.807, 2.05) is 0 Å². The van der Waals surface area contributed by atoms with Gasteiger partial charge in [-0.15, -0.1) is 0 Å². The molecule has 0 saturated heterocycles. The first-order chi connectivity index (χ1) is 8.08. The van der Waals surface area contributed by atoms with E-state index in [9.17, 15) is 4.79 Å². The van der Waals surface area contributed by atoms with E-state index in [1.165, 1.54) is 14.2 Å². The number of thiocarbonyl (C=S) groups is 1. The summed E-state index contributed by atoms with van der Waals surface area (Å²) in [5.74, 6) is 0.639. The molecule has 0 aromatic heterocycles. The average Bonchev–Trinajstić information content (AvgIpc) is 2.34. The Morgan fingerprint density at radius 2 is 1.88 bits per heavy atom. The fraction of sp³-hybridized carbons (Fsp3) is 0.200. The highest BCUT2D eigenvalue weighted by atomic mass is 32.1. The quantitative estimate of drug-likeness (QED) is 0.528. The van der Waals surface area contributed by atoms with Gasteiger partial charge in [0, 0.05) is 5.56 Å². The molecule has 0 heterocycles. The molecule has 0 aliphatic carbocycles. The third-order valence-electron chi connectivity index (χ3n) is 1.94. The summed E-state index contributed by atoms with van der Waals surface area (Å²) < 4.78 is 10.1. The first kappa shape index (κ1) is 13.0. The van der Waals surface area contributed by atoms with Gasteiger partial charge in [-0.3, -0.25) is 15.6 Å². The number of hydrogen-bond acceptors (Lipinski definition) is 4. The van der Waals surface area contributed by atoms with E-state index in [-0.39, 0.29) is 11.0 Å². The van der Waals surface area contributed by atoms with Crippen LogP contribution in [0.15, 0.2) is 18.2 Å². The van der Waals surface area contributed by atoms with Gasteiger partial charge in [0.1, 0.15) is 0 Å². The maximum Gasteiger partial charge on any atom is 0.269 e. The minimum absolute atomic E-state index is 0.0150. The van der Waals surface area contributed by atoms with Crippen LogP contribution in [0.25, 0.3) is 0 Å². The van der Waals surface area contributed by atoms with Crippen molar-refractivity contribution in [3.05, 3.63) is 23.8 Å². The topological polar surface area (TPSA) is 85.6 Å². The molecule has 0 aliphatic rings. The molecule has 0 aliphatic heterocycles. The second-order valence-corrected chi connectivity index (χ2v) is 3.45. The van der Waals surface area contributed by atoms with Crippen LogP contribution in [0.2, 0.25) is 0 Å². The van der Waals surface area contributed by atoms with Crippen molar-refractivity contribution in [2.24, 2.45) is 5.73 Å². The van der Waals surface area contributed by atoms with Gasteiger partial charge in [-0.25, -0.2) is 0 Å². The van der Waals surface area contributed by atoms with Crippen LogP contribution in [0.5, 0.6) is 11.5 Å². The summed E-state index contributed by atoms with van der Waals surface area (Å²) in [6, 6.07) is 4.78. The number of hydrazine groups is 1. The van der Waals surface area contributed by atoms with Crippen molar-refractivity contribution in [2.45, 2.75) is 0 Å². The summed E-state index contributed by atoms with van der Waals surface area (Å²) in [4.78, 5) is 11.6. The molecule has 4 N–H and O–H groups in total. The molecule has 1 rings (SSSR count). The van der Waals surface area contributed by atoms with Crippen molar-refractivity contribution in [3.63, 3.8) is 0 Å². The van der Waals surface area contributed by atoms with Crippen LogP contribution in [0.3, 0.4) is 0 Å². The first-order valence-electron chi connectivity index (χ1n) is 4.66. The Hall–Kier alpha value is -2.02. The number of amides is 1. The largest absolute Gasteiger partial charge is 0.493 e. The van der Waals surface area contributed by atoms with Gasteiger partial charge < -0.3 is 15.2 Å². The highest BCUT2D eigenvalue weighted by Crippen LogP contribution is 2.27. The maximum absolute atomic E-state index is 11.6. The Balaban J connectivity index is 2.84. The van der Waals surface area contributed by atoms with Crippen molar-refractivity contribution in [2.75, 3.05) is 14.2 Å². The number of rotatable bonds is 3. The third kappa shape index (κ3) is 3.49. The molecule has 6 nitrogen and oxygen atoms in total. The zero-order valence-corrected chi connectivity index (χ0v) is 10.3. The average molecular weight is 255 g/mol. The molecule has 0 saturated carbocycles. The Labute approximate surface area is 104 Å². The summed E-state index contributed by atoms with van der Waals surface area (Å²) >= 11 is 4.56. The van der Waals surface area contributed by atoms with E-state index in [2.05, 4.69) is 23.1 Å². The molecule has 0 radical (unpaired) electrons. The lowest BCUT2D eigenvalue weighted by Gasteiger charge is -2.10. The standard InChI is InChI=1S/C10H13N3O3S/c1-15-7-4-3-6(5-8(7)16-2)9(14)12-13-10(11)17/h3-5H,1-2H3,(H,12,14)(H3,11,13,17). The third-order valence-corrected chi connectivity index (χ3v) is 2.05. The highest BCUT2D eigenvalue weighted by molar-refractivity contribution is 7.80. The number of hydrogen-bond donors (Lipinski definition) is 3. The smallest absolute Gasteiger partial charge is 0.269 e. The number of benzene rings is 1. The molecule has 0 spiro atoms. The van der Waals surface area contributed by atoms with Gasteiger partial charge >= 0.3 is 0 Å². The van der Waals surface area contributed by atoms with E-state index in [0.717, 1.165) is 0 Å². The Bertz CT molecular complexity index is 437. The van der Waals surface area contributed by atoms with E-state index in [1.54, 1.807) is 18.2 Å². The molecule has 0 fully saturated rings. The minimum atomic E-state index is -0.376. The second-order valence-electron chi connectivity index (χ2n) is 3.01. The molecule has 1 aromatic rings. The molecule has 0 bridgehead atoms. The molecular formula is C10H13N3O3S. The van der Waals surface area contributed by atoms with Crippen molar-refractivity contribution in [3.8, 4) is 11.5 Å². The predicted octanol–water partition coefficient (Wildman–Crippen LogP) is 0.182. The molecule has 0 unspecified atom stereocenters. The number of nitrogens with one attached hydrogen (secondary N) is 2. The monoisotopic (exact) mass is 255 g/mol. The number of carbonyl (C=O) groups excluding carboxylic acids is 1. The van der Waals surface area contributed by atoms with Crippen LogP contribution < -0.4 is 26.1 Å². The summed E-state index contributed by atoms with van der Waals surface area (Å²) in [6.07, 6.45) is 0. The van der Waals surface area contributed by atoms with Crippen LogP contribution >= 0.6 is 12.2 Å². The van der Waals surface area contributed by atoms with Crippen LogP contribution in [0, 0.1) is 0 Å². The molecule has 0 atom stereocenters. The lowest BCUT2D eigenvalue weighted by atomic mass is 10.2. The summed E-state index contributed by atoms with van der Waals surface area (Å²) in [7, 11) is 3.01. The number of nitrogens with two attached hydrogens (primary N) is 1. The lowest BCUT2D eigenvalue weighted by Crippen LogP contribution is -2.44. The van der Waals surface area contributed by atoms with Gasteiger partial charge in [-0.05, 0) is 30.4 Å². The second kappa shape index (κ2) is 5.90. The Morgan fingerprint density at radius 3 is 2.41 bits per heavy atom. The molecule has 1 amide bonds. The Kier molecular flexibility index (Phi) is 4.53. The maximum atomic E-state index is 11.6. The van der Waals surface area contributed by atoms with E-state index in [0.29, 0.717) is 17.1 Å². The van der Waals surface area contributed by atoms with Gasteiger partial charge in [0.05, 0.1) is 14.2 Å². The summed E-state index contributed by atoms with van der Waals surface area (Å²) in [5, 5.41) is -0.0150. The fourth-order valence-corrected chi connectivity index (χ4v) is 1.22. The molecule has 7 heteroatoms. The van der Waals surface area contributed by atoms with Gasteiger partial charge in [-0.2, -0.15) is 0 Å². The van der Waals surface area contributed by atoms with Crippen molar-refractivity contribution < 1.29 is 14.3 Å². The predicted molar refractivity (Wildman–Crippen MR) is 66.9 cm³/mol. The number of carbonyl (C=O) groups is 1. The summed E-state index contributed by atoms with van der Waals surface area (Å²) in [5.41, 5.74) is 10.3. The van der Waals surface area contributed by atoms with Gasteiger partial charge in [0.25, 0.3) is 5.91 Å². The molecule has 1 aromatic carbocycles. The fourth-order valence-electron chi connectivity index (χ4n) is 1.17. The molecule has 17 heavy (non-hydrogen) atoms. The van der Waals surface area contributed by atoms with E-state index < -0.39 is 0 Å². The first-order valence-corrected chi connectivity index (χ1v) is 5.07. The number of methoxy groups -OCH3 is 2. The van der Waals surface area contributed by atoms with Crippen LogP contribution in [0.1, 0.15) is 10.4 Å². The van der Waals surface area contributed by atoms with Crippen molar-refractivity contribution in [1.82, 2.24) is 10.9 Å². The normalized spacial score (nSPS) is 9.29. The van der Waals surface area contributed by atoms with Crippen molar-refractivity contribution in [1.29, 1.82) is 0 Å². The van der Waals surface area contributed by atoms with Crippen LogP contribution in [-0.2, 0) is 0 Å². The highest BCUT2D eigenvalue weighted by Gasteiger charge is 2.10. The van der Waals surface area contributed by atoms with Gasteiger partial charge in [0.2, 0.25) is 0 Å². The zero-order valence-electron chi connectivity index (χ0n) is 9.44. The molecular weight excluding hydrogens is 242 g/mol. The van der Waals surface area contributed by atoms with Gasteiger partial charge in [0.15, 0.2) is 16.6 Å². The number of ether oxygens (including phenoxy) is 2. The van der Waals surface area contributed by atoms with Crippen molar-refractivity contribution >= 4 is 23.2 Å². The van der Waals surface area contributed by atoms with E-state index in [4.69, 9.17) is 15.2 Å². The molecule has 92 valence electrons. The summed E-state index contributed by atoms with van der Waals surface area (Å²) in [6.45, 7) is 0. The lowest BCUT2D eigenvalue weighted by molar-refractivity contribution is 0.0943. The van der Waals surface area contributed by atoms with Gasteiger partial charge in [-0.1, -0.05) is 0 Å². The SMILES string of the molecule is COc1ccc(C(=O)NNC(N)=S)cc1OC.